The van der Waals surface area contributed by atoms with Gasteiger partial charge >= 0.3 is 0 Å². The van der Waals surface area contributed by atoms with E-state index in [0.29, 0.717) is 19.5 Å². The Kier molecular flexibility index (Phi) is 5.54. The van der Waals surface area contributed by atoms with Gasteiger partial charge in [0.05, 0.1) is 11.6 Å². The minimum atomic E-state index is -0.332. The number of benzene rings is 1. The van der Waals surface area contributed by atoms with Gasteiger partial charge < -0.3 is 10.2 Å². The number of hydrogen-bond donors (Lipinski definition) is 1. The normalized spacial score (nSPS) is 16.5. The monoisotopic (exact) mass is 459 g/mol. The molecule has 9 heteroatoms. The molecule has 1 aliphatic rings. The van der Waals surface area contributed by atoms with Crippen LogP contribution in [0.1, 0.15) is 12.1 Å². The molecule has 144 valence electrons. The lowest BCUT2D eigenvalue weighted by Crippen LogP contribution is -2.34. The molecule has 4 rings (SSSR count). The van der Waals surface area contributed by atoms with Crippen LogP contribution in [0, 0.1) is 5.92 Å². The summed E-state index contributed by atoms with van der Waals surface area (Å²) in [4.78, 5) is 31.0. The second-order valence-corrected chi connectivity index (χ2v) is 8.25. The zero-order valence-electron chi connectivity index (χ0n) is 14.9. The summed E-state index contributed by atoms with van der Waals surface area (Å²) in [5, 5.41) is 9.87. The van der Waals surface area contributed by atoms with Crippen LogP contribution in [0.3, 0.4) is 0 Å². The molecule has 0 aliphatic carbocycles. The van der Waals surface area contributed by atoms with Gasteiger partial charge in [0.25, 0.3) is 0 Å². The van der Waals surface area contributed by atoms with E-state index in [4.69, 9.17) is 0 Å². The summed E-state index contributed by atoms with van der Waals surface area (Å²) in [7, 11) is 0. The Morgan fingerprint density at radius 2 is 2.25 bits per heavy atom. The second kappa shape index (κ2) is 8.24. The van der Waals surface area contributed by atoms with Crippen molar-refractivity contribution in [2.24, 2.45) is 5.92 Å². The fourth-order valence-corrected chi connectivity index (χ4v) is 4.32. The first-order valence-corrected chi connectivity index (χ1v) is 10.6. The van der Waals surface area contributed by atoms with Crippen molar-refractivity contribution in [3.63, 3.8) is 0 Å². The minimum absolute atomic E-state index is 0.0263. The highest BCUT2D eigenvalue weighted by atomic mass is 79.9. The summed E-state index contributed by atoms with van der Waals surface area (Å²) in [6.07, 6.45) is 4.43. The Morgan fingerprint density at radius 1 is 1.36 bits per heavy atom. The number of hydrogen-bond acceptors (Lipinski definition) is 5. The topological polar surface area (TPSA) is 80.1 Å². The maximum absolute atomic E-state index is 12.5. The van der Waals surface area contributed by atoms with Crippen molar-refractivity contribution in [2.45, 2.75) is 12.8 Å². The van der Waals surface area contributed by atoms with Crippen LogP contribution in [0.25, 0.3) is 5.13 Å². The Balaban J connectivity index is 1.29. The van der Waals surface area contributed by atoms with Gasteiger partial charge in [0.1, 0.15) is 0 Å². The van der Waals surface area contributed by atoms with Crippen molar-refractivity contribution < 1.29 is 9.59 Å². The Hall–Kier alpha value is -2.52. The minimum Gasteiger partial charge on any atom is -0.355 e. The molecule has 1 atom stereocenters. The summed E-state index contributed by atoms with van der Waals surface area (Å²) in [6.45, 7) is 0.893. The van der Waals surface area contributed by atoms with Gasteiger partial charge in [-0.3, -0.25) is 9.59 Å². The van der Waals surface area contributed by atoms with Crippen molar-refractivity contribution >= 4 is 44.8 Å². The van der Waals surface area contributed by atoms with Crippen molar-refractivity contribution in [1.82, 2.24) is 20.1 Å². The average Bonchev–Trinajstić information content (AvgIpc) is 3.42. The molecule has 0 bridgehead atoms. The van der Waals surface area contributed by atoms with Gasteiger partial charge in [-0.2, -0.15) is 5.10 Å². The molecule has 2 aromatic heterocycles. The average molecular weight is 460 g/mol. The number of rotatable bonds is 6. The van der Waals surface area contributed by atoms with E-state index >= 15 is 0 Å². The second-order valence-electron chi connectivity index (χ2n) is 6.50. The van der Waals surface area contributed by atoms with E-state index in [1.807, 2.05) is 41.9 Å². The first-order valence-electron chi connectivity index (χ1n) is 8.88. The number of nitrogens with zero attached hydrogens (tertiary/aromatic N) is 4. The van der Waals surface area contributed by atoms with Crippen molar-refractivity contribution in [1.29, 1.82) is 0 Å². The van der Waals surface area contributed by atoms with Gasteiger partial charge in [0.2, 0.25) is 16.9 Å². The van der Waals surface area contributed by atoms with E-state index in [1.54, 1.807) is 15.8 Å². The maximum atomic E-state index is 12.5. The first-order chi connectivity index (χ1) is 13.6. The lowest BCUT2D eigenvalue weighted by atomic mass is 10.1. The summed E-state index contributed by atoms with van der Waals surface area (Å²) in [6, 6.07) is 9.40. The number of halogens is 1. The van der Waals surface area contributed by atoms with E-state index < -0.39 is 0 Å². The number of carbonyl (C=O) groups is 2. The SMILES string of the molecule is O=C(NCCc1csc(-n2cccn2)n1)C1CC(=O)N(c2cccc(Br)c2)C1. The highest BCUT2D eigenvalue weighted by Gasteiger charge is 2.35. The van der Waals surface area contributed by atoms with E-state index in [9.17, 15) is 9.59 Å². The molecule has 2 amide bonds. The highest BCUT2D eigenvalue weighted by molar-refractivity contribution is 9.10. The number of anilines is 1. The lowest BCUT2D eigenvalue weighted by molar-refractivity contribution is -0.126. The fraction of sp³-hybridized carbons (Fsp3) is 0.263. The van der Waals surface area contributed by atoms with Crippen LogP contribution in [0.4, 0.5) is 5.69 Å². The molecule has 7 nitrogen and oxygen atoms in total. The molecular formula is C19H18BrN5O2S. The Bertz CT molecular complexity index is 988. The molecule has 0 radical (unpaired) electrons. The highest BCUT2D eigenvalue weighted by Crippen LogP contribution is 2.27. The quantitative estimate of drug-likeness (QED) is 0.614. The van der Waals surface area contributed by atoms with Crippen molar-refractivity contribution in [2.75, 3.05) is 18.0 Å². The molecule has 3 heterocycles. The molecule has 3 aromatic rings. The van der Waals surface area contributed by atoms with Crippen LogP contribution >= 0.6 is 27.3 Å². The van der Waals surface area contributed by atoms with E-state index in [0.717, 1.165) is 21.0 Å². The summed E-state index contributed by atoms with van der Waals surface area (Å²) in [5.74, 6) is -0.448. The van der Waals surface area contributed by atoms with Crippen molar-refractivity contribution in [3.05, 3.63) is 58.3 Å². The molecule has 1 unspecified atom stereocenters. The van der Waals surface area contributed by atoms with Crippen LogP contribution in [-0.4, -0.2) is 39.7 Å². The number of nitrogens with one attached hydrogen (secondary N) is 1. The predicted molar refractivity (Wildman–Crippen MR) is 111 cm³/mol. The Morgan fingerprint density at radius 3 is 3.04 bits per heavy atom. The van der Waals surface area contributed by atoms with Gasteiger partial charge in [-0.05, 0) is 24.3 Å². The summed E-state index contributed by atoms with van der Waals surface area (Å²) < 4.78 is 2.62. The van der Waals surface area contributed by atoms with Crippen LogP contribution < -0.4 is 10.2 Å². The van der Waals surface area contributed by atoms with Gasteiger partial charge in [0.15, 0.2) is 0 Å². The summed E-state index contributed by atoms with van der Waals surface area (Å²) in [5.41, 5.74) is 1.72. The van der Waals surface area contributed by atoms with E-state index in [-0.39, 0.29) is 24.2 Å². The largest absolute Gasteiger partial charge is 0.355 e. The third kappa shape index (κ3) is 4.15. The van der Waals surface area contributed by atoms with Gasteiger partial charge in [0, 0.05) is 53.9 Å². The number of aromatic nitrogens is 3. The van der Waals surface area contributed by atoms with Crippen LogP contribution in [-0.2, 0) is 16.0 Å². The molecule has 1 aromatic carbocycles. The van der Waals surface area contributed by atoms with E-state index in [2.05, 4.69) is 31.3 Å². The smallest absolute Gasteiger partial charge is 0.227 e. The number of thiazole rings is 1. The predicted octanol–water partition coefficient (Wildman–Crippen LogP) is 2.80. The van der Waals surface area contributed by atoms with E-state index in [1.165, 1.54) is 11.3 Å². The molecular weight excluding hydrogens is 442 g/mol. The molecule has 0 saturated carbocycles. The third-order valence-electron chi connectivity index (χ3n) is 4.54. The lowest BCUT2D eigenvalue weighted by Gasteiger charge is -2.17. The molecule has 1 aliphatic heterocycles. The zero-order chi connectivity index (χ0) is 19.5. The number of amides is 2. The maximum Gasteiger partial charge on any atom is 0.227 e. The fourth-order valence-electron chi connectivity index (χ4n) is 3.13. The van der Waals surface area contributed by atoms with Gasteiger partial charge in [-0.15, -0.1) is 11.3 Å². The zero-order valence-corrected chi connectivity index (χ0v) is 17.3. The molecule has 1 fully saturated rings. The standard InChI is InChI=1S/C19H18BrN5O2S/c20-14-3-1-4-16(10-14)24-11-13(9-17(24)26)18(27)21-7-5-15-12-28-19(23-15)25-8-2-6-22-25/h1-4,6,8,10,12-13H,5,7,9,11H2,(H,21,27). The molecule has 1 saturated heterocycles. The van der Waals surface area contributed by atoms with Crippen LogP contribution in [0.2, 0.25) is 0 Å². The Labute approximate surface area is 174 Å². The van der Waals surface area contributed by atoms with Gasteiger partial charge in [-0.25, -0.2) is 9.67 Å². The van der Waals surface area contributed by atoms with Crippen LogP contribution in [0.15, 0.2) is 52.6 Å². The van der Waals surface area contributed by atoms with Crippen LogP contribution in [0.5, 0.6) is 0 Å². The summed E-state index contributed by atoms with van der Waals surface area (Å²) >= 11 is 4.93. The molecule has 0 spiro atoms. The van der Waals surface area contributed by atoms with Crippen molar-refractivity contribution in [3.8, 4) is 5.13 Å². The number of carbonyl (C=O) groups excluding carboxylic acids is 2. The first kappa shape index (κ1) is 18.8. The van der Waals surface area contributed by atoms with Gasteiger partial charge in [-0.1, -0.05) is 22.0 Å². The molecule has 1 N–H and O–H groups in total. The third-order valence-corrected chi connectivity index (χ3v) is 5.91. The molecule has 28 heavy (non-hydrogen) atoms.